The lowest BCUT2D eigenvalue weighted by Crippen LogP contribution is -2.21. The number of halogens is 1. The maximum atomic E-state index is 12.3. The molecule has 0 aliphatic carbocycles. The highest BCUT2D eigenvalue weighted by Crippen LogP contribution is 2.39. The molecule has 7 nitrogen and oxygen atoms in total. The van der Waals surface area contributed by atoms with E-state index in [1.54, 1.807) is 24.3 Å². The molecular weight excluding hydrogens is 374 g/mol. The molecule has 27 heavy (non-hydrogen) atoms. The number of amides is 1. The molecule has 0 unspecified atom stereocenters. The Labute approximate surface area is 162 Å². The van der Waals surface area contributed by atoms with Gasteiger partial charge in [-0.3, -0.25) is 4.79 Å². The van der Waals surface area contributed by atoms with Crippen molar-refractivity contribution in [2.45, 2.75) is 6.92 Å². The van der Waals surface area contributed by atoms with Crippen LogP contribution in [0.4, 0.5) is 5.69 Å². The zero-order chi connectivity index (χ0) is 20.0. The van der Waals surface area contributed by atoms with Crippen molar-refractivity contribution in [1.29, 1.82) is 0 Å². The van der Waals surface area contributed by atoms with E-state index in [0.717, 1.165) is 5.56 Å². The molecule has 0 aromatic heterocycles. The zero-order valence-corrected chi connectivity index (χ0v) is 16.2. The number of anilines is 1. The van der Waals surface area contributed by atoms with Crippen molar-refractivity contribution in [3.63, 3.8) is 0 Å². The molecular formula is C19H20ClNO6. The van der Waals surface area contributed by atoms with Crippen LogP contribution in [0, 0.1) is 6.92 Å². The number of hydrogen-bond donors (Lipinski definition) is 1. The summed E-state index contributed by atoms with van der Waals surface area (Å²) in [6.45, 7) is 1.38. The molecule has 1 N–H and O–H groups in total. The fourth-order valence-electron chi connectivity index (χ4n) is 2.34. The first-order valence-corrected chi connectivity index (χ1v) is 8.31. The number of hydrogen-bond acceptors (Lipinski definition) is 6. The Kier molecular flexibility index (Phi) is 6.90. The van der Waals surface area contributed by atoms with Gasteiger partial charge in [-0.25, -0.2) is 4.79 Å². The van der Waals surface area contributed by atoms with Crippen LogP contribution in [0.3, 0.4) is 0 Å². The van der Waals surface area contributed by atoms with Gasteiger partial charge in [0.2, 0.25) is 5.75 Å². The Balaban J connectivity index is 2.06. The number of rotatable bonds is 7. The number of ether oxygens (including phenoxy) is 4. The Morgan fingerprint density at radius 1 is 1.00 bits per heavy atom. The lowest BCUT2D eigenvalue weighted by molar-refractivity contribution is -0.119. The fraction of sp³-hybridized carbons (Fsp3) is 0.263. The highest BCUT2D eigenvalue weighted by Gasteiger charge is 2.22. The summed E-state index contributed by atoms with van der Waals surface area (Å²) < 4.78 is 20.7. The number of nitrogens with one attached hydrogen (secondary N) is 1. The normalized spacial score (nSPS) is 10.1. The average Bonchev–Trinajstić information content (AvgIpc) is 2.67. The van der Waals surface area contributed by atoms with Crippen LogP contribution in [0.15, 0.2) is 30.3 Å². The molecule has 0 radical (unpaired) electrons. The van der Waals surface area contributed by atoms with Gasteiger partial charge in [0, 0.05) is 10.7 Å². The second-order valence-electron chi connectivity index (χ2n) is 5.47. The highest BCUT2D eigenvalue weighted by molar-refractivity contribution is 6.31. The van der Waals surface area contributed by atoms with Gasteiger partial charge < -0.3 is 24.3 Å². The van der Waals surface area contributed by atoms with Gasteiger partial charge >= 0.3 is 5.97 Å². The van der Waals surface area contributed by atoms with Crippen LogP contribution in [0.5, 0.6) is 17.2 Å². The van der Waals surface area contributed by atoms with Crippen LogP contribution in [0.2, 0.25) is 5.02 Å². The summed E-state index contributed by atoms with van der Waals surface area (Å²) in [7, 11) is 4.29. The van der Waals surface area contributed by atoms with Gasteiger partial charge in [0.05, 0.1) is 21.3 Å². The third-order valence-electron chi connectivity index (χ3n) is 3.71. The maximum Gasteiger partial charge on any atom is 0.342 e. The molecule has 0 bridgehead atoms. The van der Waals surface area contributed by atoms with Crippen LogP contribution in [0.25, 0.3) is 0 Å². The van der Waals surface area contributed by atoms with E-state index in [2.05, 4.69) is 5.32 Å². The van der Waals surface area contributed by atoms with Crippen LogP contribution >= 0.6 is 11.6 Å². The summed E-state index contributed by atoms with van der Waals surface area (Å²) in [6.07, 6.45) is 0. The number of carbonyl (C=O) groups is 2. The Hall–Kier alpha value is -2.93. The molecule has 2 aromatic rings. The minimum absolute atomic E-state index is 0.112. The molecule has 0 aliphatic rings. The molecule has 0 spiro atoms. The Bertz CT molecular complexity index is 852. The molecule has 0 aliphatic heterocycles. The quantitative estimate of drug-likeness (QED) is 0.725. The van der Waals surface area contributed by atoms with Crippen molar-refractivity contribution in [2.24, 2.45) is 0 Å². The lowest BCUT2D eigenvalue weighted by atomic mass is 10.1. The molecule has 0 heterocycles. The van der Waals surface area contributed by atoms with Crippen molar-refractivity contribution in [1.82, 2.24) is 0 Å². The second kappa shape index (κ2) is 9.14. The van der Waals surface area contributed by atoms with Crippen molar-refractivity contribution >= 4 is 29.2 Å². The van der Waals surface area contributed by atoms with E-state index in [1.165, 1.54) is 27.4 Å². The van der Waals surface area contributed by atoms with E-state index < -0.39 is 18.5 Å². The molecule has 2 rings (SSSR count). The first-order valence-electron chi connectivity index (χ1n) is 7.93. The summed E-state index contributed by atoms with van der Waals surface area (Å²) in [5, 5.41) is 3.14. The predicted molar refractivity (Wildman–Crippen MR) is 101 cm³/mol. The third-order valence-corrected chi connectivity index (χ3v) is 4.12. The summed E-state index contributed by atoms with van der Waals surface area (Å²) in [4.78, 5) is 24.4. The molecule has 0 saturated carbocycles. The first kappa shape index (κ1) is 20.4. The second-order valence-corrected chi connectivity index (χ2v) is 5.88. The number of esters is 1. The third kappa shape index (κ3) is 4.83. The van der Waals surface area contributed by atoms with E-state index in [4.69, 9.17) is 30.5 Å². The predicted octanol–water partition coefficient (Wildman–Crippen LogP) is 3.47. The van der Waals surface area contributed by atoms with Crippen LogP contribution in [-0.2, 0) is 9.53 Å². The van der Waals surface area contributed by atoms with Crippen LogP contribution in [0.1, 0.15) is 15.9 Å². The van der Waals surface area contributed by atoms with Gasteiger partial charge in [0.1, 0.15) is 5.56 Å². The standard InChI is InChI=1S/C19H20ClNO6/c1-11-5-6-12(9-14(11)20)21-16(22)10-27-19(23)13-7-8-15(24-2)18(26-4)17(13)25-3/h5-9H,10H2,1-4H3,(H,21,22). The number of methoxy groups -OCH3 is 3. The van der Waals surface area contributed by atoms with E-state index >= 15 is 0 Å². The molecule has 144 valence electrons. The lowest BCUT2D eigenvalue weighted by Gasteiger charge is -2.15. The molecule has 1 amide bonds. The maximum absolute atomic E-state index is 12.3. The highest BCUT2D eigenvalue weighted by atomic mass is 35.5. The summed E-state index contributed by atoms with van der Waals surface area (Å²) in [6, 6.07) is 8.12. The molecule has 0 atom stereocenters. The van der Waals surface area contributed by atoms with Crippen molar-refractivity contribution in [3.8, 4) is 17.2 Å². The van der Waals surface area contributed by atoms with Gasteiger partial charge in [-0.15, -0.1) is 0 Å². The summed E-state index contributed by atoms with van der Waals surface area (Å²) in [5.74, 6) is -0.409. The summed E-state index contributed by atoms with van der Waals surface area (Å²) in [5.41, 5.74) is 1.51. The first-order chi connectivity index (χ1) is 12.9. The van der Waals surface area contributed by atoms with Crippen LogP contribution < -0.4 is 19.5 Å². The fourth-order valence-corrected chi connectivity index (χ4v) is 2.52. The smallest absolute Gasteiger partial charge is 0.342 e. The SMILES string of the molecule is COc1ccc(C(=O)OCC(=O)Nc2ccc(C)c(Cl)c2)c(OC)c1OC. The Morgan fingerprint density at radius 2 is 1.70 bits per heavy atom. The van der Waals surface area contributed by atoms with Crippen molar-refractivity contribution in [2.75, 3.05) is 33.3 Å². The van der Waals surface area contributed by atoms with E-state index in [9.17, 15) is 9.59 Å². The average molecular weight is 394 g/mol. The van der Waals surface area contributed by atoms with E-state index in [0.29, 0.717) is 16.5 Å². The molecule has 8 heteroatoms. The number of benzene rings is 2. The van der Waals surface area contributed by atoms with Gasteiger partial charge in [-0.1, -0.05) is 17.7 Å². The Morgan fingerprint density at radius 3 is 2.30 bits per heavy atom. The van der Waals surface area contributed by atoms with Crippen LogP contribution in [-0.4, -0.2) is 39.8 Å². The minimum Gasteiger partial charge on any atom is -0.493 e. The molecule has 0 saturated heterocycles. The minimum atomic E-state index is -0.732. The molecule has 2 aromatic carbocycles. The van der Waals surface area contributed by atoms with Crippen molar-refractivity contribution in [3.05, 3.63) is 46.5 Å². The monoisotopic (exact) mass is 393 g/mol. The van der Waals surface area contributed by atoms with E-state index in [1.807, 2.05) is 6.92 Å². The van der Waals surface area contributed by atoms with Gasteiger partial charge in [0.15, 0.2) is 18.1 Å². The number of aryl methyl sites for hydroxylation is 1. The van der Waals surface area contributed by atoms with E-state index in [-0.39, 0.29) is 17.1 Å². The largest absolute Gasteiger partial charge is 0.493 e. The van der Waals surface area contributed by atoms with Gasteiger partial charge in [-0.2, -0.15) is 0 Å². The van der Waals surface area contributed by atoms with Crippen molar-refractivity contribution < 1.29 is 28.5 Å². The number of carbonyl (C=O) groups excluding carboxylic acids is 2. The topological polar surface area (TPSA) is 83.1 Å². The summed E-state index contributed by atoms with van der Waals surface area (Å²) >= 11 is 6.02. The molecule has 0 fully saturated rings. The van der Waals surface area contributed by atoms with Gasteiger partial charge in [0.25, 0.3) is 5.91 Å². The zero-order valence-electron chi connectivity index (χ0n) is 15.4. The van der Waals surface area contributed by atoms with Gasteiger partial charge in [-0.05, 0) is 36.8 Å².